The molecule has 3 atom stereocenters. The van der Waals surface area contributed by atoms with E-state index in [0.717, 1.165) is 40.8 Å². The van der Waals surface area contributed by atoms with E-state index in [2.05, 4.69) is 5.32 Å². The summed E-state index contributed by atoms with van der Waals surface area (Å²) in [6.07, 6.45) is -4.78. The molecule has 3 unspecified atom stereocenters. The molecule has 2 aliphatic rings. The quantitative estimate of drug-likeness (QED) is 0.290. The van der Waals surface area contributed by atoms with Gasteiger partial charge in [0.05, 0.1) is 22.2 Å². The van der Waals surface area contributed by atoms with Crippen LogP contribution in [-0.2, 0) is 27.1 Å². The van der Waals surface area contributed by atoms with E-state index in [-0.39, 0.29) is 6.54 Å². The normalized spacial score (nSPS) is 20.2. The van der Waals surface area contributed by atoms with Gasteiger partial charge < -0.3 is 5.32 Å². The number of benzene rings is 2. The standard InChI is InChI=1S/C28H20F3N3O4S3/c1-14-7-2-4-9-16(14)32-19(35)13-33-26-23(41-27(33)38)20(18-11-6-12-39-18)21-22(40-26)25(37)34(24(21)36)17-10-5-3-8-15(17)28(29,30)31/h2-12,20-22H,13H2,1H3,(H,32,35). The number of carbonyl (C=O) groups is 3. The molecule has 6 rings (SSSR count). The summed E-state index contributed by atoms with van der Waals surface area (Å²) in [4.78, 5) is 55.2. The average molecular weight is 616 g/mol. The summed E-state index contributed by atoms with van der Waals surface area (Å²) < 4.78 is 42.9. The molecule has 1 saturated heterocycles. The van der Waals surface area contributed by atoms with E-state index in [1.807, 2.05) is 19.1 Å². The van der Waals surface area contributed by atoms with Gasteiger partial charge >= 0.3 is 11.0 Å². The van der Waals surface area contributed by atoms with Crippen LogP contribution in [0.25, 0.3) is 0 Å². The minimum atomic E-state index is -4.78. The second-order valence-electron chi connectivity index (χ2n) is 9.57. The van der Waals surface area contributed by atoms with E-state index in [1.54, 1.807) is 29.6 Å². The SMILES string of the molecule is Cc1ccccc1NC(=O)Cn1c2c(sc1=O)C(c1cccs1)C1C(=O)N(c3ccccc3C(F)(F)F)C(=O)C1S2. The van der Waals surface area contributed by atoms with Gasteiger partial charge in [-0.15, -0.1) is 11.3 Å². The Hall–Kier alpha value is -3.68. The number of anilines is 2. The Kier molecular flexibility index (Phi) is 6.91. The number of aromatic nitrogens is 1. The lowest BCUT2D eigenvalue weighted by molar-refractivity contribution is -0.137. The predicted molar refractivity (Wildman–Crippen MR) is 152 cm³/mol. The number of fused-ring (bicyclic) bond motifs is 2. The van der Waals surface area contributed by atoms with Crippen molar-refractivity contribution >= 4 is 63.5 Å². The second-order valence-corrected chi connectivity index (χ2v) is 12.7. The van der Waals surface area contributed by atoms with Gasteiger partial charge in [0.15, 0.2) is 0 Å². The van der Waals surface area contributed by atoms with Crippen LogP contribution in [0.15, 0.2) is 75.9 Å². The molecule has 1 N–H and O–H groups in total. The second kappa shape index (κ2) is 10.3. The average Bonchev–Trinajstić information content (AvgIpc) is 3.62. The molecule has 2 aromatic heterocycles. The van der Waals surface area contributed by atoms with Gasteiger partial charge in [0, 0.05) is 21.4 Å². The molecule has 0 aliphatic carbocycles. The number of rotatable bonds is 5. The summed E-state index contributed by atoms with van der Waals surface area (Å²) in [5.41, 5.74) is -0.176. The van der Waals surface area contributed by atoms with Crippen LogP contribution in [0.5, 0.6) is 0 Å². The third-order valence-electron chi connectivity index (χ3n) is 7.07. The van der Waals surface area contributed by atoms with E-state index < -0.39 is 57.1 Å². The maximum atomic E-state index is 13.9. The predicted octanol–water partition coefficient (Wildman–Crippen LogP) is 5.73. The van der Waals surface area contributed by atoms with Crippen molar-refractivity contribution in [2.45, 2.75) is 35.8 Å². The zero-order chi connectivity index (χ0) is 29.1. The third kappa shape index (κ3) is 4.71. The number of alkyl halides is 3. The number of aryl methyl sites for hydroxylation is 1. The Morgan fingerprint density at radius 2 is 1.71 bits per heavy atom. The first-order valence-corrected chi connectivity index (χ1v) is 15.0. The van der Waals surface area contributed by atoms with Crippen molar-refractivity contribution < 1.29 is 27.6 Å². The van der Waals surface area contributed by atoms with Gasteiger partial charge in [0.25, 0.3) is 0 Å². The molecular weight excluding hydrogens is 596 g/mol. The highest BCUT2D eigenvalue weighted by atomic mass is 32.2. The van der Waals surface area contributed by atoms with Crippen LogP contribution in [0.1, 0.15) is 26.8 Å². The van der Waals surface area contributed by atoms with Gasteiger partial charge in [-0.2, -0.15) is 13.2 Å². The van der Waals surface area contributed by atoms with Crippen molar-refractivity contribution in [2.75, 3.05) is 10.2 Å². The van der Waals surface area contributed by atoms with E-state index in [0.29, 0.717) is 25.4 Å². The van der Waals surface area contributed by atoms with Gasteiger partial charge in [-0.05, 0) is 42.1 Å². The van der Waals surface area contributed by atoms with Crippen molar-refractivity contribution in [3.63, 3.8) is 0 Å². The van der Waals surface area contributed by atoms with E-state index in [9.17, 15) is 32.3 Å². The number of carbonyl (C=O) groups excluding carboxylic acids is 3. The monoisotopic (exact) mass is 615 g/mol. The lowest BCUT2D eigenvalue weighted by Gasteiger charge is -2.29. The molecule has 13 heteroatoms. The van der Waals surface area contributed by atoms with Crippen molar-refractivity contribution in [1.29, 1.82) is 0 Å². The molecule has 0 saturated carbocycles. The van der Waals surface area contributed by atoms with Gasteiger partial charge in [-0.25, -0.2) is 4.90 Å². The number of nitrogens with zero attached hydrogens (tertiary/aromatic N) is 2. The summed E-state index contributed by atoms with van der Waals surface area (Å²) in [6, 6.07) is 15.2. The molecule has 4 aromatic rings. The van der Waals surface area contributed by atoms with Crippen LogP contribution in [0, 0.1) is 12.8 Å². The number of para-hydroxylation sites is 2. The fraction of sp³-hybridized carbons (Fsp3) is 0.214. The fourth-order valence-corrected chi connectivity index (χ4v) is 8.94. The lowest BCUT2D eigenvalue weighted by Crippen LogP contribution is -2.33. The van der Waals surface area contributed by atoms with Crippen LogP contribution >= 0.6 is 34.4 Å². The van der Waals surface area contributed by atoms with Gasteiger partial charge in [0.2, 0.25) is 17.7 Å². The van der Waals surface area contributed by atoms with Crippen LogP contribution in [0.2, 0.25) is 0 Å². The van der Waals surface area contributed by atoms with Crippen LogP contribution in [-0.4, -0.2) is 27.5 Å². The molecule has 41 heavy (non-hydrogen) atoms. The topological polar surface area (TPSA) is 88.5 Å². The van der Waals surface area contributed by atoms with E-state index in [1.165, 1.54) is 28.0 Å². The van der Waals surface area contributed by atoms with Crippen molar-refractivity contribution in [3.8, 4) is 0 Å². The van der Waals surface area contributed by atoms with Gasteiger partial charge in [-0.1, -0.05) is 59.5 Å². The Balaban J connectivity index is 1.41. The molecular formula is C28H20F3N3O4S3. The first kappa shape index (κ1) is 27.5. The number of hydrogen-bond acceptors (Lipinski definition) is 7. The highest BCUT2D eigenvalue weighted by Crippen LogP contribution is 2.55. The molecule has 0 bridgehead atoms. The molecule has 4 heterocycles. The summed E-state index contributed by atoms with van der Waals surface area (Å²) in [5, 5.41) is 3.87. The number of hydrogen-bond donors (Lipinski definition) is 1. The summed E-state index contributed by atoms with van der Waals surface area (Å²) >= 11 is 3.17. The molecule has 1 fully saturated rings. The minimum Gasteiger partial charge on any atom is -0.324 e. The molecule has 2 aromatic carbocycles. The first-order chi connectivity index (χ1) is 19.6. The van der Waals surface area contributed by atoms with Crippen LogP contribution in [0.4, 0.5) is 24.5 Å². The van der Waals surface area contributed by atoms with Crippen molar-refractivity contribution in [1.82, 2.24) is 4.57 Å². The minimum absolute atomic E-state index is 0.330. The zero-order valence-electron chi connectivity index (χ0n) is 21.2. The number of imide groups is 1. The zero-order valence-corrected chi connectivity index (χ0v) is 23.6. The first-order valence-electron chi connectivity index (χ1n) is 12.4. The molecule has 2 aliphatic heterocycles. The van der Waals surface area contributed by atoms with E-state index in [4.69, 9.17) is 0 Å². The Morgan fingerprint density at radius 1 is 0.976 bits per heavy atom. The van der Waals surface area contributed by atoms with E-state index >= 15 is 0 Å². The molecule has 3 amide bonds. The highest BCUT2D eigenvalue weighted by molar-refractivity contribution is 8.00. The number of amides is 3. The smallest absolute Gasteiger partial charge is 0.324 e. The Morgan fingerprint density at radius 3 is 2.41 bits per heavy atom. The summed E-state index contributed by atoms with van der Waals surface area (Å²) in [5.74, 6) is -3.74. The Labute approximate surface area is 243 Å². The fourth-order valence-electron chi connectivity index (χ4n) is 5.22. The molecule has 7 nitrogen and oxygen atoms in total. The summed E-state index contributed by atoms with van der Waals surface area (Å²) in [6.45, 7) is 1.50. The maximum Gasteiger partial charge on any atom is 0.418 e. The third-order valence-corrected chi connectivity index (χ3v) is 10.6. The largest absolute Gasteiger partial charge is 0.418 e. The van der Waals surface area contributed by atoms with Crippen LogP contribution < -0.4 is 15.1 Å². The number of thiophene rings is 1. The maximum absolute atomic E-state index is 13.9. The number of nitrogens with one attached hydrogen (secondary N) is 1. The van der Waals surface area contributed by atoms with Crippen molar-refractivity contribution in [2.24, 2.45) is 5.92 Å². The number of thiazole rings is 1. The molecule has 210 valence electrons. The van der Waals surface area contributed by atoms with Crippen molar-refractivity contribution in [3.05, 3.63) is 96.6 Å². The van der Waals surface area contributed by atoms with Crippen LogP contribution in [0.3, 0.4) is 0 Å². The summed E-state index contributed by atoms with van der Waals surface area (Å²) in [7, 11) is 0. The van der Waals surface area contributed by atoms with Gasteiger partial charge in [0.1, 0.15) is 11.8 Å². The Bertz CT molecular complexity index is 1750. The highest BCUT2D eigenvalue weighted by Gasteiger charge is 2.58. The number of thioether (sulfide) groups is 1. The lowest BCUT2D eigenvalue weighted by atomic mass is 9.87. The van der Waals surface area contributed by atoms with Gasteiger partial charge in [-0.3, -0.25) is 23.7 Å². The molecule has 0 spiro atoms. The molecule has 0 radical (unpaired) electrons. The number of halogens is 3.